The lowest BCUT2D eigenvalue weighted by molar-refractivity contribution is 0.0595. The molecule has 0 unspecified atom stereocenters. The lowest BCUT2D eigenvalue weighted by Crippen LogP contribution is -2.00. The number of rotatable bonds is 1. The van der Waals surface area contributed by atoms with Gasteiger partial charge in [0.15, 0.2) is 5.65 Å². The molecule has 2 heterocycles. The molecule has 0 atom stereocenters. The third-order valence-corrected chi connectivity index (χ3v) is 1.80. The number of nitrogens with one attached hydrogen (secondary N) is 2. The zero-order valence-corrected chi connectivity index (χ0v) is 7.34. The average molecular weight is 179 g/mol. The predicted molar refractivity (Wildman–Crippen MR) is 46.5 cm³/mol. The number of esters is 1. The van der Waals surface area contributed by atoms with Crippen LogP contribution in [-0.4, -0.2) is 28.0 Å². The molecule has 13 heavy (non-hydrogen) atoms. The Bertz CT molecular complexity index is 423. The molecule has 0 saturated heterocycles. The number of carbonyl (C=O) groups excluding carboxylic acids is 1. The third-order valence-electron chi connectivity index (χ3n) is 1.80. The summed E-state index contributed by atoms with van der Waals surface area (Å²) in [6, 6.07) is 1.68. The van der Waals surface area contributed by atoms with Crippen LogP contribution < -0.4 is 0 Å². The molecule has 2 rings (SSSR count). The van der Waals surface area contributed by atoms with Crippen molar-refractivity contribution in [2.45, 2.75) is 6.92 Å². The molecule has 0 fully saturated rings. The fourth-order valence-corrected chi connectivity index (χ4v) is 1.24. The summed E-state index contributed by atoms with van der Waals surface area (Å²) in [6.45, 7) is 1.85. The zero-order valence-electron chi connectivity index (χ0n) is 7.34. The van der Waals surface area contributed by atoms with Crippen LogP contribution in [-0.2, 0) is 4.74 Å². The Balaban J connectivity index is 2.51. The molecule has 0 aromatic carbocycles. The molecule has 2 N–H and O–H groups in total. The van der Waals surface area contributed by atoms with Crippen LogP contribution in [0.25, 0.3) is 11.2 Å². The van der Waals surface area contributed by atoms with Crippen LogP contribution in [0.15, 0.2) is 6.07 Å². The smallest absolute Gasteiger partial charge is 0.354 e. The summed E-state index contributed by atoms with van der Waals surface area (Å²) in [5.74, 6) is 0.432. The van der Waals surface area contributed by atoms with Crippen LogP contribution >= 0.6 is 0 Å². The molecule has 0 amide bonds. The average Bonchev–Trinajstić information content (AvgIpc) is 2.59. The van der Waals surface area contributed by atoms with E-state index in [2.05, 4.69) is 19.7 Å². The van der Waals surface area contributed by atoms with Gasteiger partial charge in [0.05, 0.1) is 12.6 Å². The monoisotopic (exact) mass is 179 g/mol. The number of hydrogen-bond donors (Lipinski definition) is 2. The minimum Gasteiger partial charge on any atom is -0.464 e. The first-order chi connectivity index (χ1) is 6.20. The SMILES string of the molecule is COC(=O)c1cc2[nH]c(C)nc2[nH]1. The minimum atomic E-state index is -0.385. The number of ether oxygens (including phenoxy) is 1. The van der Waals surface area contributed by atoms with Crippen molar-refractivity contribution >= 4 is 17.1 Å². The highest BCUT2D eigenvalue weighted by molar-refractivity contribution is 5.92. The van der Waals surface area contributed by atoms with Crippen molar-refractivity contribution in [2.75, 3.05) is 7.11 Å². The Kier molecular flexibility index (Phi) is 1.58. The number of aromatic nitrogens is 3. The lowest BCUT2D eigenvalue weighted by atomic mass is 10.4. The highest BCUT2D eigenvalue weighted by Gasteiger charge is 2.10. The van der Waals surface area contributed by atoms with Gasteiger partial charge in [-0.2, -0.15) is 0 Å². The molecule has 0 radical (unpaired) electrons. The van der Waals surface area contributed by atoms with Crippen LogP contribution in [0.1, 0.15) is 16.3 Å². The molecule has 68 valence electrons. The van der Waals surface area contributed by atoms with E-state index in [0.717, 1.165) is 11.3 Å². The number of carbonyl (C=O) groups is 1. The van der Waals surface area contributed by atoms with E-state index in [1.54, 1.807) is 6.07 Å². The van der Waals surface area contributed by atoms with Gasteiger partial charge in [0.1, 0.15) is 11.5 Å². The van der Waals surface area contributed by atoms with E-state index in [1.807, 2.05) is 6.92 Å². The van der Waals surface area contributed by atoms with E-state index in [-0.39, 0.29) is 5.97 Å². The Morgan fingerprint density at radius 1 is 1.54 bits per heavy atom. The normalized spacial score (nSPS) is 10.6. The van der Waals surface area contributed by atoms with Crippen molar-refractivity contribution < 1.29 is 9.53 Å². The fourth-order valence-electron chi connectivity index (χ4n) is 1.24. The lowest BCUT2D eigenvalue weighted by Gasteiger charge is -1.92. The molecule has 0 bridgehead atoms. The van der Waals surface area contributed by atoms with Gasteiger partial charge in [0.2, 0.25) is 0 Å². The summed E-state index contributed by atoms with van der Waals surface area (Å²) < 4.78 is 4.55. The van der Waals surface area contributed by atoms with Crippen LogP contribution in [0.5, 0.6) is 0 Å². The quantitative estimate of drug-likeness (QED) is 0.641. The second kappa shape index (κ2) is 2.62. The number of fused-ring (bicyclic) bond motifs is 1. The fraction of sp³-hybridized carbons (Fsp3) is 0.250. The number of nitrogens with zero attached hydrogens (tertiary/aromatic N) is 1. The topological polar surface area (TPSA) is 70.8 Å². The molecular formula is C8H9N3O2. The van der Waals surface area contributed by atoms with Gasteiger partial charge in [-0.3, -0.25) is 0 Å². The standard InChI is InChI=1S/C8H9N3O2/c1-4-9-5-3-6(8(12)13-2)11-7(5)10-4/h3,11H,1-2H3,(H,9,10). The summed E-state index contributed by atoms with van der Waals surface area (Å²) in [4.78, 5) is 21.1. The maximum atomic E-state index is 11.1. The Morgan fingerprint density at radius 2 is 2.31 bits per heavy atom. The van der Waals surface area contributed by atoms with Gasteiger partial charge >= 0.3 is 5.97 Å². The van der Waals surface area contributed by atoms with Gasteiger partial charge in [-0.15, -0.1) is 0 Å². The first-order valence-electron chi connectivity index (χ1n) is 3.84. The number of aromatic amines is 2. The summed E-state index contributed by atoms with van der Waals surface area (Å²) in [7, 11) is 1.34. The van der Waals surface area contributed by atoms with E-state index in [1.165, 1.54) is 7.11 Å². The van der Waals surface area contributed by atoms with E-state index in [4.69, 9.17) is 0 Å². The van der Waals surface area contributed by atoms with Gasteiger partial charge in [0, 0.05) is 0 Å². The van der Waals surface area contributed by atoms with E-state index >= 15 is 0 Å². The summed E-state index contributed by atoms with van der Waals surface area (Å²) in [6.07, 6.45) is 0. The Labute approximate surface area is 74.1 Å². The number of H-pyrrole nitrogens is 2. The predicted octanol–water partition coefficient (Wildman–Crippen LogP) is 0.986. The molecule has 5 heteroatoms. The molecule has 0 saturated carbocycles. The summed E-state index contributed by atoms with van der Waals surface area (Å²) >= 11 is 0. The number of methoxy groups -OCH3 is 1. The van der Waals surface area contributed by atoms with Crippen molar-refractivity contribution in [3.8, 4) is 0 Å². The first kappa shape index (κ1) is 7.85. The molecular weight excluding hydrogens is 170 g/mol. The maximum absolute atomic E-state index is 11.1. The Hall–Kier alpha value is -1.78. The van der Waals surface area contributed by atoms with E-state index in [9.17, 15) is 4.79 Å². The number of imidazole rings is 1. The second-order valence-corrected chi connectivity index (χ2v) is 2.76. The van der Waals surface area contributed by atoms with Gasteiger partial charge < -0.3 is 14.7 Å². The van der Waals surface area contributed by atoms with Crippen LogP contribution in [0, 0.1) is 6.92 Å². The van der Waals surface area contributed by atoms with Crippen molar-refractivity contribution in [3.63, 3.8) is 0 Å². The number of aryl methyl sites for hydroxylation is 1. The molecule has 2 aromatic heterocycles. The maximum Gasteiger partial charge on any atom is 0.354 e. The molecule has 0 aliphatic rings. The molecule has 5 nitrogen and oxygen atoms in total. The number of hydrogen-bond acceptors (Lipinski definition) is 3. The third kappa shape index (κ3) is 1.18. The molecule has 0 spiro atoms. The minimum absolute atomic E-state index is 0.385. The second-order valence-electron chi connectivity index (χ2n) is 2.76. The highest BCUT2D eigenvalue weighted by atomic mass is 16.5. The summed E-state index contributed by atoms with van der Waals surface area (Å²) in [5, 5.41) is 0. The van der Waals surface area contributed by atoms with Gasteiger partial charge in [-0.1, -0.05) is 0 Å². The van der Waals surface area contributed by atoms with Crippen LogP contribution in [0.2, 0.25) is 0 Å². The Morgan fingerprint density at radius 3 is 2.92 bits per heavy atom. The van der Waals surface area contributed by atoms with Crippen molar-refractivity contribution in [1.29, 1.82) is 0 Å². The summed E-state index contributed by atoms with van der Waals surface area (Å²) in [5.41, 5.74) is 1.91. The van der Waals surface area contributed by atoms with Crippen LogP contribution in [0.3, 0.4) is 0 Å². The molecule has 2 aromatic rings. The highest BCUT2D eigenvalue weighted by Crippen LogP contribution is 2.12. The largest absolute Gasteiger partial charge is 0.464 e. The van der Waals surface area contributed by atoms with Crippen LogP contribution in [0.4, 0.5) is 0 Å². The first-order valence-corrected chi connectivity index (χ1v) is 3.84. The van der Waals surface area contributed by atoms with Gasteiger partial charge in [-0.05, 0) is 13.0 Å². The van der Waals surface area contributed by atoms with Gasteiger partial charge in [0.25, 0.3) is 0 Å². The van der Waals surface area contributed by atoms with E-state index < -0.39 is 0 Å². The van der Waals surface area contributed by atoms with E-state index in [0.29, 0.717) is 11.3 Å². The van der Waals surface area contributed by atoms with Gasteiger partial charge in [-0.25, -0.2) is 9.78 Å². The molecule has 0 aliphatic carbocycles. The molecule has 0 aliphatic heterocycles. The van der Waals surface area contributed by atoms with Crippen molar-refractivity contribution in [2.24, 2.45) is 0 Å². The zero-order chi connectivity index (χ0) is 9.42. The van der Waals surface area contributed by atoms with Crippen molar-refractivity contribution in [3.05, 3.63) is 17.6 Å². The van der Waals surface area contributed by atoms with Crippen molar-refractivity contribution in [1.82, 2.24) is 15.0 Å².